The van der Waals surface area contributed by atoms with Crippen LogP contribution in [0.4, 0.5) is 0 Å². The van der Waals surface area contributed by atoms with Gasteiger partial charge in [0, 0.05) is 18.5 Å². The van der Waals surface area contributed by atoms with Crippen LogP contribution in [0, 0.1) is 19.8 Å². The summed E-state index contributed by atoms with van der Waals surface area (Å²) in [6.45, 7) is 8.45. The van der Waals surface area contributed by atoms with Crippen LogP contribution < -0.4 is 11.1 Å². The van der Waals surface area contributed by atoms with E-state index in [9.17, 15) is 4.79 Å². The highest BCUT2D eigenvalue weighted by molar-refractivity contribution is 5.78. The molecule has 0 saturated heterocycles. The van der Waals surface area contributed by atoms with Crippen LogP contribution in [0.15, 0.2) is 18.2 Å². The van der Waals surface area contributed by atoms with Crippen LogP contribution in [-0.2, 0) is 11.2 Å². The molecule has 0 bridgehead atoms. The van der Waals surface area contributed by atoms with Crippen molar-refractivity contribution in [3.05, 3.63) is 34.9 Å². The number of benzene rings is 1. The van der Waals surface area contributed by atoms with E-state index in [0.29, 0.717) is 6.54 Å². The van der Waals surface area contributed by atoms with Gasteiger partial charge in [0.2, 0.25) is 5.91 Å². The number of hydrogen-bond donors (Lipinski definition) is 2. The van der Waals surface area contributed by atoms with Gasteiger partial charge in [-0.2, -0.15) is 0 Å². The topological polar surface area (TPSA) is 55.1 Å². The van der Waals surface area contributed by atoms with Gasteiger partial charge in [-0.15, -0.1) is 0 Å². The monoisotopic (exact) mass is 248 g/mol. The van der Waals surface area contributed by atoms with Gasteiger partial charge in [0.1, 0.15) is 0 Å². The van der Waals surface area contributed by atoms with Gasteiger partial charge in [-0.05, 0) is 32.8 Å². The molecular weight excluding hydrogens is 224 g/mol. The van der Waals surface area contributed by atoms with Crippen LogP contribution in [0.5, 0.6) is 0 Å². The zero-order valence-electron chi connectivity index (χ0n) is 11.8. The number of carbonyl (C=O) groups excluding carboxylic acids is 1. The first-order chi connectivity index (χ1) is 8.42. The predicted octanol–water partition coefficient (Wildman–Crippen LogP) is 1.95. The van der Waals surface area contributed by atoms with Crippen molar-refractivity contribution in [2.75, 3.05) is 6.54 Å². The molecule has 1 amide bonds. The maximum Gasteiger partial charge on any atom is 0.224 e. The largest absolute Gasteiger partial charge is 0.353 e. The van der Waals surface area contributed by atoms with Crippen LogP contribution in [0.1, 0.15) is 30.5 Å². The van der Waals surface area contributed by atoms with Crippen LogP contribution in [-0.4, -0.2) is 18.5 Å². The third-order valence-corrected chi connectivity index (χ3v) is 3.01. The van der Waals surface area contributed by atoms with E-state index >= 15 is 0 Å². The molecule has 0 radical (unpaired) electrons. The Labute approximate surface area is 110 Å². The van der Waals surface area contributed by atoms with E-state index in [1.165, 1.54) is 16.7 Å². The summed E-state index contributed by atoms with van der Waals surface area (Å²) >= 11 is 0. The lowest BCUT2D eigenvalue weighted by molar-refractivity contribution is -0.124. The van der Waals surface area contributed by atoms with Gasteiger partial charge in [-0.25, -0.2) is 0 Å². The maximum absolute atomic E-state index is 11.7. The summed E-state index contributed by atoms with van der Waals surface area (Å²) in [6.07, 6.45) is 0.853. The van der Waals surface area contributed by atoms with E-state index in [-0.39, 0.29) is 17.9 Å². The molecule has 0 fully saturated rings. The smallest absolute Gasteiger partial charge is 0.224 e. The molecule has 0 heterocycles. The number of carbonyl (C=O) groups is 1. The molecule has 0 aromatic heterocycles. The summed E-state index contributed by atoms with van der Waals surface area (Å²) in [6, 6.07) is 6.63. The predicted molar refractivity (Wildman–Crippen MR) is 75.4 cm³/mol. The fourth-order valence-corrected chi connectivity index (χ4v) is 2.08. The van der Waals surface area contributed by atoms with Crippen molar-refractivity contribution in [3.63, 3.8) is 0 Å². The Kier molecular flexibility index (Phi) is 5.35. The fourth-order valence-electron chi connectivity index (χ4n) is 2.08. The molecule has 3 N–H and O–H groups in total. The third kappa shape index (κ3) is 4.49. The summed E-state index contributed by atoms with van der Waals surface area (Å²) in [7, 11) is 0. The Morgan fingerprint density at radius 1 is 1.22 bits per heavy atom. The number of amides is 1. The highest BCUT2D eigenvalue weighted by Gasteiger charge is 2.13. The van der Waals surface area contributed by atoms with Gasteiger partial charge in [-0.1, -0.05) is 36.2 Å². The van der Waals surface area contributed by atoms with Crippen molar-refractivity contribution in [2.24, 2.45) is 11.7 Å². The molecule has 100 valence electrons. The average Bonchev–Trinajstić information content (AvgIpc) is 2.25. The first-order valence-electron chi connectivity index (χ1n) is 6.50. The lowest BCUT2D eigenvalue weighted by atomic mass is 10.0. The molecule has 1 aromatic carbocycles. The SMILES string of the molecule is Cc1cc(C)cc(CC(C)NC(=O)C(C)CN)c1. The van der Waals surface area contributed by atoms with E-state index in [0.717, 1.165) is 6.42 Å². The number of nitrogens with one attached hydrogen (secondary N) is 1. The molecule has 18 heavy (non-hydrogen) atoms. The van der Waals surface area contributed by atoms with E-state index in [4.69, 9.17) is 5.73 Å². The summed E-state index contributed by atoms with van der Waals surface area (Å²) in [5, 5.41) is 3.00. The van der Waals surface area contributed by atoms with E-state index in [1.54, 1.807) is 0 Å². The summed E-state index contributed by atoms with van der Waals surface area (Å²) in [5.74, 6) is -0.0823. The van der Waals surface area contributed by atoms with E-state index < -0.39 is 0 Å². The minimum atomic E-state index is -0.119. The Morgan fingerprint density at radius 3 is 2.28 bits per heavy atom. The van der Waals surface area contributed by atoms with Crippen LogP contribution in [0.3, 0.4) is 0 Å². The van der Waals surface area contributed by atoms with Crippen molar-refractivity contribution >= 4 is 5.91 Å². The summed E-state index contributed by atoms with van der Waals surface area (Å²) in [5.41, 5.74) is 9.27. The highest BCUT2D eigenvalue weighted by Crippen LogP contribution is 2.11. The van der Waals surface area contributed by atoms with Gasteiger partial charge >= 0.3 is 0 Å². The number of aryl methyl sites for hydroxylation is 2. The van der Waals surface area contributed by atoms with Crippen LogP contribution >= 0.6 is 0 Å². The quantitative estimate of drug-likeness (QED) is 0.836. The summed E-state index contributed by atoms with van der Waals surface area (Å²) in [4.78, 5) is 11.7. The molecule has 0 aliphatic heterocycles. The van der Waals surface area contributed by atoms with Crippen LogP contribution in [0.2, 0.25) is 0 Å². The normalized spacial score (nSPS) is 14.1. The minimum Gasteiger partial charge on any atom is -0.353 e. The molecular formula is C15H24N2O. The minimum absolute atomic E-state index is 0.0365. The molecule has 3 nitrogen and oxygen atoms in total. The van der Waals surface area contributed by atoms with E-state index in [2.05, 4.69) is 37.4 Å². The molecule has 2 atom stereocenters. The van der Waals surface area contributed by atoms with Gasteiger partial charge in [0.05, 0.1) is 0 Å². The molecule has 0 aliphatic carbocycles. The van der Waals surface area contributed by atoms with Crippen LogP contribution in [0.25, 0.3) is 0 Å². The standard InChI is InChI=1S/C15H24N2O/c1-10-5-11(2)7-14(6-10)8-13(4)17-15(18)12(3)9-16/h5-7,12-13H,8-9,16H2,1-4H3,(H,17,18). The van der Waals surface area contributed by atoms with Crippen molar-refractivity contribution in [3.8, 4) is 0 Å². The summed E-state index contributed by atoms with van der Waals surface area (Å²) < 4.78 is 0. The molecule has 0 saturated carbocycles. The molecule has 0 aliphatic rings. The zero-order chi connectivity index (χ0) is 13.7. The Balaban J connectivity index is 2.59. The first kappa shape index (κ1) is 14.7. The zero-order valence-corrected chi connectivity index (χ0v) is 11.8. The van der Waals surface area contributed by atoms with Crippen molar-refractivity contribution in [1.29, 1.82) is 0 Å². The molecule has 1 rings (SSSR count). The molecule has 3 heteroatoms. The average molecular weight is 248 g/mol. The number of hydrogen-bond acceptors (Lipinski definition) is 2. The Hall–Kier alpha value is -1.35. The molecule has 1 aromatic rings. The molecule has 2 unspecified atom stereocenters. The van der Waals surface area contributed by atoms with E-state index in [1.807, 2.05) is 13.8 Å². The second-order valence-corrected chi connectivity index (χ2v) is 5.25. The third-order valence-electron chi connectivity index (χ3n) is 3.01. The highest BCUT2D eigenvalue weighted by atomic mass is 16.1. The Bertz CT molecular complexity index is 395. The van der Waals surface area contributed by atoms with Gasteiger partial charge < -0.3 is 11.1 Å². The van der Waals surface area contributed by atoms with Gasteiger partial charge in [-0.3, -0.25) is 4.79 Å². The second kappa shape index (κ2) is 6.55. The number of nitrogens with two attached hydrogens (primary N) is 1. The second-order valence-electron chi connectivity index (χ2n) is 5.25. The van der Waals surface area contributed by atoms with Crippen molar-refractivity contribution in [1.82, 2.24) is 5.32 Å². The maximum atomic E-state index is 11.7. The van der Waals surface area contributed by atoms with Crippen molar-refractivity contribution in [2.45, 2.75) is 40.2 Å². The first-order valence-corrected chi connectivity index (χ1v) is 6.50. The van der Waals surface area contributed by atoms with Gasteiger partial charge in [0.15, 0.2) is 0 Å². The Morgan fingerprint density at radius 2 is 1.78 bits per heavy atom. The molecule has 0 spiro atoms. The fraction of sp³-hybridized carbons (Fsp3) is 0.533. The lowest BCUT2D eigenvalue weighted by Gasteiger charge is -2.17. The lowest BCUT2D eigenvalue weighted by Crippen LogP contribution is -2.39. The van der Waals surface area contributed by atoms with Crippen molar-refractivity contribution < 1.29 is 4.79 Å². The number of rotatable bonds is 5. The van der Waals surface area contributed by atoms with Gasteiger partial charge in [0.25, 0.3) is 0 Å².